The van der Waals surface area contributed by atoms with Crippen molar-refractivity contribution in [2.75, 3.05) is 25.0 Å². The summed E-state index contributed by atoms with van der Waals surface area (Å²) in [5, 5.41) is 6.16. The minimum atomic E-state index is -0.433. The molecule has 2 aromatic carbocycles. The van der Waals surface area contributed by atoms with Gasteiger partial charge in [-0.1, -0.05) is 55.8 Å². The van der Waals surface area contributed by atoms with Gasteiger partial charge in [0.05, 0.1) is 17.0 Å². The van der Waals surface area contributed by atoms with Gasteiger partial charge in [0.15, 0.2) is 0 Å². The second-order valence-corrected chi connectivity index (χ2v) is 8.51. The van der Waals surface area contributed by atoms with Crippen LogP contribution in [0.2, 0.25) is 5.02 Å². The molecule has 2 atom stereocenters. The molecular weight excluding hydrogens is 406 g/mol. The summed E-state index contributed by atoms with van der Waals surface area (Å²) < 4.78 is 0. The van der Waals surface area contributed by atoms with Crippen molar-refractivity contribution in [2.45, 2.75) is 36.5 Å². The Morgan fingerprint density at radius 1 is 1.17 bits per heavy atom. The molecule has 0 radical (unpaired) electrons. The maximum Gasteiger partial charge on any atom is 0.238 e. The Labute approximate surface area is 181 Å². The van der Waals surface area contributed by atoms with E-state index in [2.05, 4.69) is 29.4 Å². The molecule has 2 amide bonds. The van der Waals surface area contributed by atoms with Crippen molar-refractivity contribution in [1.29, 1.82) is 0 Å². The van der Waals surface area contributed by atoms with Crippen LogP contribution in [0.5, 0.6) is 0 Å². The van der Waals surface area contributed by atoms with Crippen molar-refractivity contribution >= 4 is 40.9 Å². The molecule has 2 N–H and O–H groups in total. The number of fused-ring (bicyclic) bond motifs is 1. The molecule has 154 valence electrons. The summed E-state index contributed by atoms with van der Waals surface area (Å²) in [6.07, 6.45) is 0.137. The first-order chi connectivity index (χ1) is 14.0. The van der Waals surface area contributed by atoms with E-state index in [0.717, 1.165) is 29.2 Å². The third kappa shape index (κ3) is 5.32. The van der Waals surface area contributed by atoms with Gasteiger partial charge in [0.25, 0.3) is 0 Å². The highest BCUT2D eigenvalue weighted by Gasteiger charge is 2.29. The fourth-order valence-electron chi connectivity index (χ4n) is 3.52. The number of carbonyl (C=O) groups excluding carboxylic acids is 2. The van der Waals surface area contributed by atoms with Crippen LogP contribution in [0.1, 0.15) is 31.9 Å². The molecule has 0 spiro atoms. The molecule has 1 aliphatic rings. The first-order valence-electron chi connectivity index (χ1n) is 9.85. The van der Waals surface area contributed by atoms with E-state index in [1.807, 2.05) is 48.5 Å². The summed E-state index contributed by atoms with van der Waals surface area (Å²) in [5.41, 5.74) is 1.80. The lowest BCUT2D eigenvalue weighted by molar-refractivity contribution is -0.124. The first kappa shape index (κ1) is 21.7. The van der Waals surface area contributed by atoms with E-state index in [1.165, 1.54) is 11.8 Å². The second-order valence-electron chi connectivity index (χ2n) is 6.86. The molecule has 2 unspecified atom stereocenters. The van der Waals surface area contributed by atoms with Gasteiger partial charge in [0.2, 0.25) is 11.8 Å². The molecule has 7 heteroatoms. The standard InChI is InChI=1S/C22H26ClN3O2S/c1-3-26(4-2)18(15-9-5-6-10-16(15)23)14-24-21(27)13-20-22(28)25-17-11-7-8-12-19(17)29-20/h5-12,18,20H,3-4,13-14H2,1-2H3,(H,24,27)(H,25,28). The van der Waals surface area contributed by atoms with Crippen LogP contribution in [0.3, 0.4) is 0 Å². The molecule has 0 saturated heterocycles. The van der Waals surface area contributed by atoms with E-state index in [4.69, 9.17) is 11.6 Å². The smallest absolute Gasteiger partial charge is 0.238 e. The fourth-order valence-corrected chi connectivity index (χ4v) is 4.90. The first-order valence-corrected chi connectivity index (χ1v) is 11.1. The number of amides is 2. The average Bonchev–Trinajstić information content (AvgIpc) is 2.72. The van der Waals surface area contributed by atoms with E-state index < -0.39 is 5.25 Å². The predicted molar refractivity (Wildman–Crippen MR) is 119 cm³/mol. The third-order valence-electron chi connectivity index (χ3n) is 5.09. The molecule has 29 heavy (non-hydrogen) atoms. The molecule has 0 saturated carbocycles. The molecule has 1 heterocycles. The Balaban J connectivity index is 1.65. The molecule has 2 aromatic rings. The molecular formula is C22H26ClN3O2S. The summed E-state index contributed by atoms with van der Waals surface area (Å²) in [4.78, 5) is 28.2. The van der Waals surface area contributed by atoms with Crippen molar-refractivity contribution in [2.24, 2.45) is 0 Å². The highest BCUT2D eigenvalue weighted by atomic mass is 35.5. The number of hydrogen-bond donors (Lipinski definition) is 2. The van der Waals surface area contributed by atoms with Crippen LogP contribution in [-0.2, 0) is 9.59 Å². The van der Waals surface area contributed by atoms with E-state index in [0.29, 0.717) is 11.6 Å². The number of rotatable bonds is 8. The zero-order valence-electron chi connectivity index (χ0n) is 16.7. The summed E-state index contributed by atoms with van der Waals surface area (Å²) >= 11 is 7.86. The lowest BCUT2D eigenvalue weighted by Gasteiger charge is -2.31. The summed E-state index contributed by atoms with van der Waals surface area (Å²) in [5.74, 6) is -0.267. The average molecular weight is 432 g/mol. The molecule has 0 fully saturated rings. The number of para-hydroxylation sites is 1. The van der Waals surface area contributed by atoms with Crippen molar-refractivity contribution in [3.8, 4) is 0 Å². The molecule has 0 aromatic heterocycles. The largest absolute Gasteiger partial charge is 0.354 e. The Kier molecular flexibility index (Phi) is 7.58. The molecule has 3 rings (SSSR count). The summed E-state index contributed by atoms with van der Waals surface area (Å²) in [7, 11) is 0. The highest BCUT2D eigenvalue weighted by Crippen LogP contribution is 2.36. The Morgan fingerprint density at radius 2 is 1.86 bits per heavy atom. The lowest BCUT2D eigenvalue weighted by Crippen LogP contribution is -2.40. The SMILES string of the molecule is CCN(CC)C(CNC(=O)CC1Sc2ccccc2NC1=O)c1ccccc1Cl. The van der Waals surface area contributed by atoms with E-state index >= 15 is 0 Å². The van der Waals surface area contributed by atoms with Crippen molar-refractivity contribution in [3.05, 3.63) is 59.1 Å². The quantitative estimate of drug-likeness (QED) is 0.652. The number of likely N-dealkylation sites (N-methyl/N-ethyl adjacent to an activating group) is 1. The lowest BCUT2D eigenvalue weighted by atomic mass is 10.0. The maximum absolute atomic E-state index is 12.6. The van der Waals surface area contributed by atoms with Crippen molar-refractivity contribution < 1.29 is 9.59 Å². The van der Waals surface area contributed by atoms with E-state index in [9.17, 15) is 9.59 Å². The fraction of sp³-hybridized carbons (Fsp3) is 0.364. The van der Waals surface area contributed by atoms with Crippen LogP contribution >= 0.6 is 23.4 Å². The normalized spacial score (nSPS) is 16.8. The Morgan fingerprint density at radius 3 is 2.59 bits per heavy atom. The number of hydrogen-bond acceptors (Lipinski definition) is 4. The predicted octanol–water partition coefficient (Wildman–Crippen LogP) is 4.34. The highest BCUT2D eigenvalue weighted by molar-refractivity contribution is 8.01. The van der Waals surface area contributed by atoms with Gasteiger partial charge in [-0.2, -0.15) is 0 Å². The van der Waals surface area contributed by atoms with Crippen LogP contribution < -0.4 is 10.6 Å². The van der Waals surface area contributed by atoms with Crippen LogP contribution in [0, 0.1) is 0 Å². The molecule has 0 bridgehead atoms. The van der Waals surface area contributed by atoms with Crippen molar-refractivity contribution in [3.63, 3.8) is 0 Å². The van der Waals surface area contributed by atoms with Crippen LogP contribution in [0.15, 0.2) is 53.4 Å². The minimum absolute atomic E-state index is 0.0174. The van der Waals surface area contributed by atoms with Gasteiger partial charge in [-0.15, -0.1) is 11.8 Å². The monoisotopic (exact) mass is 431 g/mol. The number of carbonyl (C=O) groups is 2. The second kappa shape index (κ2) is 10.1. The number of halogens is 1. The number of nitrogens with zero attached hydrogens (tertiary/aromatic N) is 1. The Hall–Kier alpha value is -2.02. The maximum atomic E-state index is 12.6. The third-order valence-corrected chi connectivity index (χ3v) is 6.71. The van der Waals surface area contributed by atoms with Crippen molar-refractivity contribution in [1.82, 2.24) is 10.2 Å². The molecule has 5 nitrogen and oxygen atoms in total. The van der Waals surface area contributed by atoms with Gasteiger partial charge < -0.3 is 10.6 Å². The van der Waals surface area contributed by atoms with E-state index in [1.54, 1.807) is 0 Å². The van der Waals surface area contributed by atoms with Gasteiger partial charge in [-0.05, 0) is 36.9 Å². The zero-order chi connectivity index (χ0) is 20.8. The van der Waals surface area contributed by atoms with Gasteiger partial charge in [-0.25, -0.2) is 0 Å². The summed E-state index contributed by atoms with van der Waals surface area (Å²) in [6, 6.07) is 15.4. The van der Waals surface area contributed by atoms with Crippen LogP contribution in [-0.4, -0.2) is 41.6 Å². The van der Waals surface area contributed by atoms with Crippen LogP contribution in [0.4, 0.5) is 5.69 Å². The number of benzene rings is 2. The number of thioether (sulfide) groups is 1. The van der Waals surface area contributed by atoms with Crippen LogP contribution in [0.25, 0.3) is 0 Å². The van der Waals surface area contributed by atoms with Gasteiger partial charge in [-0.3, -0.25) is 14.5 Å². The Bertz CT molecular complexity index is 873. The minimum Gasteiger partial charge on any atom is -0.354 e. The summed E-state index contributed by atoms with van der Waals surface area (Å²) in [6.45, 7) is 6.32. The van der Waals surface area contributed by atoms with E-state index in [-0.39, 0.29) is 24.3 Å². The topological polar surface area (TPSA) is 61.4 Å². The zero-order valence-corrected chi connectivity index (χ0v) is 18.2. The number of anilines is 1. The molecule has 0 aliphatic carbocycles. The van der Waals surface area contributed by atoms with Gasteiger partial charge in [0.1, 0.15) is 0 Å². The molecule has 1 aliphatic heterocycles. The van der Waals surface area contributed by atoms with Gasteiger partial charge >= 0.3 is 0 Å². The number of nitrogens with one attached hydrogen (secondary N) is 2. The van der Waals surface area contributed by atoms with Gasteiger partial charge in [0, 0.05) is 22.9 Å².